The molecule has 1 aromatic rings. The summed E-state index contributed by atoms with van der Waals surface area (Å²) in [5.74, 6) is 0. The molecule has 0 aliphatic heterocycles. The number of aromatic nitrogens is 1. The zero-order valence-electron chi connectivity index (χ0n) is 10.1. The highest BCUT2D eigenvalue weighted by Crippen LogP contribution is 1.97. The molecule has 14 heavy (non-hydrogen) atoms. The van der Waals surface area contributed by atoms with Crippen molar-refractivity contribution >= 4 is 0 Å². The maximum absolute atomic E-state index is 5.19. The fourth-order valence-electron chi connectivity index (χ4n) is 0.699. The summed E-state index contributed by atoms with van der Waals surface area (Å²) in [6, 6.07) is 3.91. The third-order valence-corrected chi connectivity index (χ3v) is 1.22. The molecule has 0 fully saturated rings. The first kappa shape index (κ1) is 15.6. The molecule has 0 saturated heterocycles. The summed E-state index contributed by atoms with van der Waals surface area (Å²) in [7, 11) is 0. The fourth-order valence-corrected chi connectivity index (χ4v) is 0.699. The molecule has 2 nitrogen and oxygen atoms in total. The predicted octanol–water partition coefficient (Wildman–Crippen LogP) is 3.67. The zero-order chi connectivity index (χ0) is 11.2. The van der Waals surface area contributed by atoms with E-state index in [1.807, 2.05) is 46.8 Å². The normalized spacial score (nSPS) is 7.79. The smallest absolute Gasteiger partial charge is 0.0717 e. The van der Waals surface area contributed by atoms with Gasteiger partial charge in [0.25, 0.3) is 0 Å². The van der Waals surface area contributed by atoms with E-state index in [1.54, 1.807) is 12.4 Å². The van der Waals surface area contributed by atoms with Crippen LogP contribution >= 0.6 is 0 Å². The second-order valence-corrected chi connectivity index (χ2v) is 1.99. The first-order valence-corrected chi connectivity index (χ1v) is 5.40. The van der Waals surface area contributed by atoms with Crippen molar-refractivity contribution in [3.05, 3.63) is 30.1 Å². The largest absolute Gasteiger partial charge is 0.377 e. The molecule has 0 unspecified atom stereocenters. The zero-order valence-corrected chi connectivity index (χ0v) is 10.1. The third-order valence-electron chi connectivity index (χ3n) is 1.22. The summed E-state index contributed by atoms with van der Waals surface area (Å²) in [5, 5.41) is 0. The fraction of sp³-hybridized carbons (Fsp3) is 0.583. The third kappa shape index (κ3) is 9.20. The Morgan fingerprint density at radius 1 is 1.07 bits per heavy atom. The second kappa shape index (κ2) is 14.6. The molecule has 2 heteroatoms. The minimum atomic E-state index is 0.693. The number of pyridine rings is 1. The Labute approximate surface area is 88.3 Å². The molecule has 1 heterocycles. The Hall–Kier alpha value is -0.890. The van der Waals surface area contributed by atoms with Crippen molar-refractivity contribution in [1.82, 2.24) is 4.98 Å². The van der Waals surface area contributed by atoms with Crippen LogP contribution in [0.5, 0.6) is 0 Å². The van der Waals surface area contributed by atoms with E-state index < -0.39 is 0 Å². The van der Waals surface area contributed by atoms with E-state index in [-0.39, 0.29) is 0 Å². The van der Waals surface area contributed by atoms with E-state index in [9.17, 15) is 0 Å². The van der Waals surface area contributed by atoms with E-state index in [4.69, 9.17) is 4.74 Å². The molecule has 0 spiro atoms. The molecule has 1 aromatic heterocycles. The minimum Gasteiger partial charge on any atom is -0.377 e. The topological polar surface area (TPSA) is 22.1 Å². The van der Waals surface area contributed by atoms with Crippen LogP contribution in [-0.4, -0.2) is 11.6 Å². The van der Waals surface area contributed by atoms with Crippen LogP contribution in [0.2, 0.25) is 0 Å². The maximum Gasteiger partial charge on any atom is 0.0717 e. The van der Waals surface area contributed by atoms with Gasteiger partial charge in [-0.15, -0.1) is 0 Å². The molecule has 0 aromatic carbocycles. The molecule has 0 aliphatic rings. The SMILES string of the molecule is CC.CC.CCOCc1ccncc1. The number of nitrogens with zero attached hydrogens (tertiary/aromatic N) is 1. The average molecular weight is 197 g/mol. The average Bonchev–Trinajstić information content (AvgIpc) is 2.33. The van der Waals surface area contributed by atoms with Crippen molar-refractivity contribution in [1.29, 1.82) is 0 Å². The van der Waals surface area contributed by atoms with Crippen LogP contribution < -0.4 is 0 Å². The lowest BCUT2D eigenvalue weighted by atomic mass is 10.3. The molecule has 0 amide bonds. The lowest BCUT2D eigenvalue weighted by molar-refractivity contribution is 0.134. The molecule has 0 radical (unpaired) electrons. The van der Waals surface area contributed by atoms with Gasteiger partial charge in [0.15, 0.2) is 0 Å². The summed E-state index contributed by atoms with van der Waals surface area (Å²) in [6.07, 6.45) is 3.54. The highest BCUT2D eigenvalue weighted by molar-refractivity contribution is 5.07. The molecule has 0 saturated carbocycles. The number of hydrogen-bond donors (Lipinski definition) is 0. The highest BCUT2D eigenvalue weighted by Gasteiger charge is 1.87. The van der Waals surface area contributed by atoms with Gasteiger partial charge in [-0.2, -0.15) is 0 Å². The Balaban J connectivity index is 0. The monoisotopic (exact) mass is 197 g/mol. The van der Waals surface area contributed by atoms with Gasteiger partial charge in [0.1, 0.15) is 0 Å². The molecule has 82 valence electrons. The Morgan fingerprint density at radius 3 is 2.00 bits per heavy atom. The molecule has 1 rings (SSSR count). The van der Waals surface area contributed by atoms with Crippen LogP contribution in [-0.2, 0) is 11.3 Å². The lowest BCUT2D eigenvalue weighted by Gasteiger charge is -1.98. The van der Waals surface area contributed by atoms with Crippen molar-refractivity contribution in [2.75, 3.05) is 6.61 Å². The molecule has 0 bridgehead atoms. The van der Waals surface area contributed by atoms with Gasteiger partial charge in [0.2, 0.25) is 0 Å². The van der Waals surface area contributed by atoms with Crippen molar-refractivity contribution in [3.8, 4) is 0 Å². The second-order valence-electron chi connectivity index (χ2n) is 1.99. The number of hydrogen-bond acceptors (Lipinski definition) is 2. The Kier molecular flexibility index (Phi) is 16.3. The number of ether oxygens (including phenoxy) is 1. The van der Waals surface area contributed by atoms with Crippen LogP contribution in [0.25, 0.3) is 0 Å². The maximum atomic E-state index is 5.19. The van der Waals surface area contributed by atoms with Crippen molar-refractivity contribution in [3.63, 3.8) is 0 Å². The van der Waals surface area contributed by atoms with Gasteiger partial charge in [0, 0.05) is 19.0 Å². The van der Waals surface area contributed by atoms with Gasteiger partial charge in [0.05, 0.1) is 6.61 Å². The van der Waals surface area contributed by atoms with Crippen LogP contribution in [0, 0.1) is 0 Å². The molecule has 0 aliphatic carbocycles. The Morgan fingerprint density at radius 2 is 1.57 bits per heavy atom. The van der Waals surface area contributed by atoms with Crippen LogP contribution in [0.15, 0.2) is 24.5 Å². The van der Waals surface area contributed by atoms with Gasteiger partial charge >= 0.3 is 0 Å². The summed E-state index contributed by atoms with van der Waals surface area (Å²) in [6.45, 7) is 11.4. The highest BCUT2D eigenvalue weighted by atomic mass is 16.5. The van der Waals surface area contributed by atoms with Gasteiger partial charge < -0.3 is 4.74 Å². The minimum absolute atomic E-state index is 0.693. The molecule has 0 atom stereocenters. The van der Waals surface area contributed by atoms with E-state index in [0.717, 1.165) is 6.61 Å². The van der Waals surface area contributed by atoms with Crippen LogP contribution in [0.1, 0.15) is 40.2 Å². The first-order valence-electron chi connectivity index (χ1n) is 5.40. The van der Waals surface area contributed by atoms with Crippen LogP contribution in [0.3, 0.4) is 0 Å². The first-order chi connectivity index (χ1) is 6.93. The summed E-state index contributed by atoms with van der Waals surface area (Å²) in [4.78, 5) is 3.90. The van der Waals surface area contributed by atoms with Gasteiger partial charge in [-0.3, -0.25) is 4.98 Å². The van der Waals surface area contributed by atoms with Gasteiger partial charge in [-0.25, -0.2) is 0 Å². The lowest BCUT2D eigenvalue weighted by Crippen LogP contribution is -1.90. The van der Waals surface area contributed by atoms with Crippen molar-refractivity contribution in [2.24, 2.45) is 0 Å². The number of rotatable bonds is 3. The summed E-state index contributed by atoms with van der Waals surface area (Å²) < 4.78 is 5.19. The molecular formula is C12H23NO. The van der Waals surface area contributed by atoms with Crippen molar-refractivity contribution in [2.45, 2.75) is 41.2 Å². The summed E-state index contributed by atoms with van der Waals surface area (Å²) >= 11 is 0. The van der Waals surface area contributed by atoms with E-state index in [0.29, 0.717) is 6.61 Å². The van der Waals surface area contributed by atoms with Crippen LogP contribution in [0.4, 0.5) is 0 Å². The van der Waals surface area contributed by atoms with Crippen molar-refractivity contribution < 1.29 is 4.74 Å². The molecule has 0 N–H and O–H groups in total. The Bertz CT molecular complexity index is 175. The summed E-state index contributed by atoms with van der Waals surface area (Å²) in [5.41, 5.74) is 1.18. The van der Waals surface area contributed by atoms with Gasteiger partial charge in [-0.1, -0.05) is 27.7 Å². The molecular weight excluding hydrogens is 174 g/mol. The van der Waals surface area contributed by atoms with Gasteiger partial charge in [-0.05, 0) is 24.6 Å². The van der Waals surface area contributed by atoms with E-state index in [2.05, 4.69) is 4.98 Å². The quantitative estimate of drug-likeness (QED) is 0.737. The standard InChI is InChI=1S/C8H11NO.2C2H6/c1-2-10-7-8-3-5-9-6-4-8;2*1-2/h3-6H,2,7H2,1H3;2*1-2H3. The van der Waals surface area contributed by atoms with E-state index in [1.165, 1.54) is 5.56 Å². The predicted molar refractivity (Wildman–Crippen MR) is 62.3 cm³/mol. The van der Waals surface area contributed by atoms with E-state index >= 15 is 0 Å².